The maximum absolute atomic E-state index is 12.3. The van der Waals surface area contributed by atoms with Crippen molar-refractivity contribution in [2.75, 3.05) is 0 Å². The zero-order valence-corrected chi connectivity index (χ0v) is 22.2. The van der Waals surface area contributed by atoms with E-state index in [4.69, 9.17) is 9.16 Å². The van der Waals surface area contributed by atoms with Crippen molar-refractivity contribution in [3.05, 3.63) is 47.7 Å². The topological polar surface area (TPSA) is 85.7 Å². The number of benzene rings is 1. The van der Waals surface area contributed by atoms with Gasteiger partial charge in [0.15, 0.2) is 8.32 Å². The van der Waals surface area contributed by atoms with Crippen LogP contribution in [0.3, 0.4) is 0 Å². The summed E-state index contributed by atoms with van der Waals surface area (Å²) in [4.78, 5) is 28.2. The van der Waals surface area contributed by atoms with Crippen LogP contribution >= 0.6 is 0 Å². The largest absolute Gasteiger partial charge is 0.481 e. The molecule has 6 nitrogen and oxygen atoms in total. The lowest BCUT2D eigenvalue weighted by atomic mass is 9.84. The maximum Gasteiger partial charge on any atom is 0.315 e. The molecule has 1 heterocycles. The van der Waals surface area contributed by atoms with Gasteiger partial charge in [-0.3, -0.25) is 9.59 Å². The Morgan fingerprint density at radius 3 is 2.24 bits per heavy atom. The SMILES string of the molecule is CC(=O)O[C@H](C)c1ccc2ccc(C=CC(C)(C(=O)O)C(C)O[Si](C)(C)C(C)(C)C)cc2n1. The predicted molar refractivity (Wildman–Crippen MR) is 134 cm³/mol. The van der Waals surface area contributed by atoms with Gasteiger partial charge < -0.3 is 14.3 Å². The van der Waals surface area contributed by atoms with Crippen LogP contribution in [0.5, 0.6) is 0 Å². The van der Waals surface area contributed by atoms with E-state index in [0.717, 1.165) is 16.5 Å². The number of rotatable bonds is 8. The molecule has 0 fully saturated rings. The van der Waals surface area contributed by atoms with Gasteiger partial charge in [-0.1, -0.05) is 51.1 Å². The number of carbonyl (C=O) groups excluding carboxylic acids is 1. The zero-order chi connectivity index (χ0) is 25.2. The van der Waals surface area contributed by atoms with E-state index in [0.29, 0.717) is 5.69 Å². The van der Waals surface area contributed by atoms with Crippen molar-refractivity contribution in [3.63, 3.8) is 0 Å². The first-order valence-corrected chi connectivity index (χ1v) is 14.2. The Balaban J connectivity index is 2.35. The summed E-state index contributed by atoms with van der Waals surface area (Å²) in [6.07, 6.45) is 2.57. The molecule has 0 aliphatic rings. The van der Waals surface area contributed by atoms with E-state index in [1.807, 2.05) is 43.3 Å². The molecule has 0 saturated carbocycles. The minimum atomic E-state index is -2.14. The van der Waals surface area contributed by atoms with Crippen molar-refractivity contribution >= 4 is 37.2 Å². The van der Waals surface area contributed by atoms with Crippen LogP contribution in [0.15, 0.2) is 36.4 Å². The summed E-state index contributed by atoms with van der Waals surface area (Å²) in [6.45, 7) is 17.3. The zero-order valence-electron chi connectivity index (χ0n) is 21.2. The van der Waals surface area contributed by atoms with Gasteiger partial charge in [0.25, 0.3) is 0 Å². The van der Waals surface area contributed by atoms with Crippen LogP contribution in [0.1, 0.15) is 65.8 Å². The molecule has 0 amide bonds. The van der Waals surface area contributed by atoms with E-state index in [9.17, 15) is 14.7 Å². The fraction of sp³-hybridized carbons (Fsp3) is 0.500. The summed E-state index contributed by atoms with van der Waals surface area (Å²) < 4.78 is 11.6. The van der Waals surface area contributed by atoms with Gasteiger partial charge >= 0.3 is 11.9 Å². The molecule has 1 aromatic carbocycles. The molecule has 3 atom stereocenters. The number of carboxylic acids is 1. The van der Waals surface area contributed by atoms with Gasteiger partial charge in [-0.2, -0.15) is 0 Å². The van der Waals surface area contributed by atoms with E-state index in [1.165, 1.54) is 6.92 Å². The molecule has 0 aliphatic heterocycles. The molecule has 1 N–H and O–H groups in total. The fourth-order valence-corrected chi connectivity index (χ4v) is 4.66. The van der Waals surface area contributed by atoms with Gasteiger partial charge in [-0.15, -0.1) is 0 Å². The molecule has 2 rings (SSSR count). The van der Waals surface area contributed by atoms with E-state index < -0.39 is 31.9 Å². The van der Waals surface area contributed by atoms with E-state index >= 15 is 0 Å². The fourth-order valence-electron chi connectivity index (χ4n) is 3.18. The minimum absolute atomic E-state index is 0.0185. The van der Waals surface area contributed by atoms with Crippen molar-refractivity contribution < 1.29 is 23.9 Å². The van der Waals surface area contributed by atoms with Crippen molar-refractivity contribution in [2.45, 2.75) is 78.8 Å². The van der Waals surface area contributed by atoms with Crippen LogP contribution in [0.25, 0.3) is 17.0 Å². The van der Waals surface area contributed by atoms with Crippen LogP contribution < -0.4 is 0 Å². The molecule has 33 heavy (non-hydrogen) atoms. The Kier molecular flexibility index (Phi) is 7.92. The molecule has 7 heteroatoms. The van der Waals surface area contributed by atoms with Crippen LogP contribution in [-0.4, -0.2) is 36.5 Å². The van der Waals surface area contributed by atoms with Gasteiger partial charge in [0.05, 0.1) is 17.3 Å². The number of aromatic nitrogens is 1. The summed E-state index contributed by atoms with van der Waals surface area (Å²) in [6, 6.07) is 9.54. The highest BCUT2D eigenvalue weighted by atomic mass is 28.4. The monoisotopic (exact) mass is 471 g/mol. The highest BCUT2D eigenvalue weighted by Crippen LogP contribution is 2.40. The Morgan fingerprint density at radius 1 is 1.09 bits per heavy atom. The Morgan fingerprint density at radius 2 is 1.70 bits per heavy atom. The molecular weight excluding hydrogens is 434 g/mol. The van der Waals surface area contributed by atoms with Crippen LogP contribution in [0.4, 0.5) is 0 Å². The summed E-state index contributed by atoms with van der Waals surface area (Å²) >= 11 is 0. The van der Waals surface area contributed by atoms with Gasteiger partial charge in [0.2, 0.25) is 0 Å². The van der Waals surface area contributed by atoms with Gasteiger partial charge in [0.1, 0.15) is 11.5 Å². The molecular formula is C26H37NO5Si. The van der Waals surface area contributed by atoms with E-state index in [-0.39, 0.29) is 11.0 Å². The number of aliphatic carboxylic acids is 1. The highest BCUT2D eigenvalue weighted by molar-refractivity contribution is 6.74. The molecule has 0 radical (unpaired) electrons. The van der Waals surface area contributed by atoms with Gasteiger partial charge in [0, 0.05) is 12.3 Å². The summed E-state index contributed by atoms with van der Waals surface area (Å²) in [7, 11) is -2.14. The number of pyridine rings is 1. The third kappa shape index (κ3) is 6.30. The quantitative estimate of drug-likeness (QED) is 0.355. The number of hydrogen-bond acceptors (Lipinski definition) is 5. The van der Waals surface area contributed by atoms with E-state index in [1.54, 1.807) is 19.9 Å². The lowest BCUT2D eigenvalue weighted by Gasteiger charge is -2.42. The van der Waals surface area contributed by atoms with Crippen molar-refractivity contribution in [3.8, 4) is 0 Å². The predicted octanol–water partition coefficient (Wildman–Crippen LogP) is 6.37. The lowest BCUT2D eigenvalue weighted by molar-refractivity contribution is -0.149. The van der Waals surface area contributed by atoms with E-state index in [2.05, 4.69) is 38.8 Å². The number of esters is 1. The maximum atomic E-state index is 12.3. The number of ether oxygens (including phenoxy) is 1. The van der Waals surface area contributed by atoms with Crippen LogP contribution in [0, 0.1) is 5.41 Å². The molecule has 0 spiro atoms. The molecule has 0 saturated heterocycles. The molecule has 2 aromatic rings. The third-order valence-electron chi connectivity index (χ3n) is 6.70. The third-order valence-corrected chi connectivity index (χ3v) is 11.3. The normalized spacial score (nSPS) is 16.4. The second kappa shape index (κ2) is 9.77. The Labute approximate surface area is 198 Å². The second-order valence-corrected chi connectivity index (χ2v) is 15.1. The van der Waals surface area contributed by atoms with Crippen molar-refractivity contribution in [1.29, 1.82) is 0 Å². The van der Waals surface area contributed by atoms with Crippen LogP contribution in [0.2, 0.25) is 18.1 Å². The van der Waals surface area contributed by atoms with Crippen molar-refractivity contribution in [2.24, 2.45) is 5.41 Å². The summed E-state index contributed by atoms with van der Waals surface area (Å²) in [5, 5.41) is 11.0. The summed E-state index contributed by atoms with van der Waals surface area (Å²) in [5.41, 5.74) is 1.05. The molecule has 2 unspecified atom stereocenters. The number of fused-ring (bicyclic) bond motifs is 1. The molecule has 180 valence electrons. The van der Waals surface area contributed by atoms with Crippen LogP contribution in [-0.2, 0) is 18.8 Å². The highest BCUT2D eigenvalue weighted by Gasteiger charge is 2.44. The van der Waals surface area contributed by atoms with Crippen molar-refractivity contribution in [1.82, 2.24) is 4.98 Å². The Hall–Kier alpha value is -2.51. The molecule has 0 aliphatic carbocycles. The molecule has 0 bridgehead atoms. The standard InChI is InChI=1S/C26H37NO5Si/c1-17(31-19(3)28)22-13-12-21-11-10-20(16-23(21)27-22)14-15-26(7,24(29)30)18(2)32-33(8,9)25(4,5)6/h10-18H,1-9H3,(H,29,30)/t17-,18?,26?/m1/s1. The van der Waals surface area contributed by atoms with Gasteiger partial charge in [-0.05, 0) is 56.6 Å². The number of hydrogen-bond donors (Lipinski definition) is 1. The number of nitrogens with zero attached hydrogens (tertiary/aromatic N) is 1. The number of carboxylic acid groups (broad SMARTS) is 1. The summed E-state index contributed by atoms with van der Waals surface area (Å²) in [5.74, 6) is -1.29. The first-order chi connectivity index (χ1) is 15.1. The second-order valence-electron chi connectivity index (χ2n) is 10.4. The average Bonchev–Trinajstić information content (AvgIpc) is 2.69. The lowest BCUT2D eigenvalue weighted by Crippen LogP contribution is -2.49. The minimum Gasteiger partial charge on any atom is -0.481 e. The first kappa shape index (κ1) is 26.7. The molecule has 1 aromatic heterocycles. The Bertz CT molecular complexity index is 1060. The van der Waals surface area contributed by atoms with Gasteiger partial charge in [-0.25, -0.2) is 4.98 Å². The number of carbonyl (C=O) groups is 2. The first-order valence-electron chi connectivity index (χ1n) is 11.3. The smallest absolute Gasteiger partial charge is 0.315 e. The average molecular weight is 472 g/mol.